The van der Waals surface area contributed by atoms with Crippen LogP contribution in [-0.2, 0) is 6.42 Å². The van der Waals surface area contributed by atoms with Crippen LogP contribution >= 0.6 is 0 Å². The molecular formula is C13H22N4. The molecule has 1 aliphatic rings. The fourth-order valence-corrected chi connectivity index (χ4v) is 2.48. The van der Waals surface area contributed by atoms with Crippen molar-refractivity contribution in [3.8, 4) is 0 Å². The maximum Gasteiger partial charge on any atom is 0.132 e. The number of nitrogens with two attached hydrogens (primary N) is 1. The summed E-state index contributed by atoms with van der Waals surface area (Å²) in [5.41, 5.74) is 6.18. The molecule has 0 atom stereocenters. The molecular weight excluding hydrogens is 212 g/mol. The van der Waals surface area contributed by atoms with Gasteiger partial charge in [-0.25, -0.2) is 9.97 Å². The van der Waals surface area contributed by atoms with Crippen LogP contribution in [0, 0.1) is 5.41 Å². The van der Waals surface area contributed by atoms with Gasteiger partial charge in [0.05, 0.1) is 0 Å². The highest BCUT2D eigenvalue weighted by Gasteiger charge is 2.28. The number of hydrogen-bond donors (Lipinski definition) is 2. The van der Waals surface area contributed by atoms with Crippen molar-refractivity contribution in [3.05, 3.63) is 11.9 Å². The van der Waals surface area contributed by atoms with Crippen LogP contribution in [0.1, 0.15) is 45.4 Å². The molecule has 1 aromatic heterocycles. The van der Waals surface area contributed by atoms with E-state index < -0.39 is 0 Å². The lowest BCUT2D eigenvalue weighted by Gasteiger charge is -2.24. The Morgan fingerprint density at radius 1 is 1.35 bits per heavy atom. The van der Waals surface area contributed by atoms with Gasteiger partial charge in [0.25, 0.3) is 0 Å². The topological polar surface area (TPSA) is 63.8 Å². The van der Waals surface area contributed by atoms with Gasteiger partial charge in [-0.1, -0.05) is 26.7 Å². The van der Waals surface area contributed by atoms with Crippen LogP contribution in [0.15, 0.2) is 6.07 Å². The fourth-order valence-electron chi connectivity index (χ4n) is 2.48. The number of nitrogens with zero attached hydrogens (tertiary/aromatic N) is 2. The minimum atomic E-state index is 0.423. The molecule has 3 N–H and O–H groups in total. The average Bonchev–Trinajstić information content (AvgIpc) is 2.73. The summed E-state index contributed by atoms with van der Waals surface area (Å²) in [6.45, 7) is 5.36. The molecule has 0 spiro atoms. The van der Waals surface area contributed by atoms with Crippen LogP contribution in [0.5, 0.6) is 0 Å². The molecule has 2 rings (SSSR count). The Balaban J connectivity index is 2.00. The van der Waals surface area contributed by atoms with Gasteiger partial charge >= 0.3 is 0 Å². The van der Waals surface area contributed by atoms with Gasteiger partial charge in [-0.05, 0) is 18.3 Å². The van der Waals surface area contributed by atoms with Crippen molar-refractivity contribution in [1.29, 1.82) is 0 Å². The molecule has 0 saturated heterocycles. The molecule has 0 amide bonds. The van der Waals surface area contributed by atoms with E-state index in [0.717, 1.165) is 24.6 Å². The van der Waals surface area contributed by atoms with Gasteiger partial charge in [-0.15, -0.1) is 0 Å². The Morgan fingerprint density at radius 3 is 2.71 bits per heavy atom. The zero-order valence-electron chi connectivity index (χ0n) is 10.8. The smallest absolute Gasteiger partial charge is 0.132 e. The van der Waals surface area contributed by atoms with E-state index in [4.69, 9.17) is 5.73 Å². The fraction of sp³-hybridized carbons (Fsp3) is 0.692. The average molecular weight is 234 g/mol. The molecule has 94 valence electrons. The third-order valence-corrected chi connectivity index (χ3v) is 3.62. The van der Waals surface area contributed by atoms with Crippen molar-refractivity contribution in [1.82, 2.24) is 9.97 Å². The molecule has 1 fully saturated rings. The lowest BCUT2D eigenvalue weighted by molar-refractivity contribution is 0.361. The largest absolute Gasteiger partial charge is 0.384 e. The SMILES string of the molecule is CCc1nc(N)cc(NCC2(C)CCCC2)n1. The predicted octanol–water partition coefficient (Wildman–Crippen LogP) is 2.61. The predicted molar refractivity (Wildman–Crippen MR) is 70.9 cm³/mol. The van der Waals surface area contributed by atoms with Gasteiger partial charge in [0.15, 0.2) is 0 Å². The first-order valence-electron chi connectivity index (χ1n) is 6.49. The molecule has 1 saturated carbocycles. The molecule has 1 aliphatic carbocycles. The summed E-state index contributed by atoms with van der Waals surface area (Å²) in [6.07, 6.45) is 6.13. The normalized spacial score (nSPS) is 18.2. The molecule has 1 aromatic rings. The van der Waals surface area contributed by atoms with Crippen molar-refractivity contribution in [3.63, 3.8) is 0 Å². The van der Waals surface area contributed by atoms with Crippen molar-refractivity contribution in [2.75, 3.05) is 17.6 Å². The van der Waals surface area contributed by atoms with Crippen LogP contribution < -0.4 is 11.1 Å². The van der Waals surface area contributed by atoms with Gasteiger partial charge in [0, 0.05) is 19.0 Å². The highest BCUT2D eigenvalue weighted by Crippen LogP contribution is 2.37. The second kappa shape index (κ2) is 4.90. The van der Waals surface area contributed by atoms with E-state index >= 15 is 0 Å². The van der Waals surface area contributed by atoms with E-state index in [1.54, 1.807) is 0 Å². The van der Waals surface area contributed by atoms with E-state index in [1.165, 1.54) is 25.7 Å². The van der Waals surface area contributed by atoms with Crippen molar-refractivity contribution in [2.45, 2.75) is 46.0 Å². The van der Waals surface area contributed by atoms with Gasteiger partial charge in [0.1, 0.15) is 17.5 Å². The maximum atomic E-state index is 5.76. The first-order chi connectivity index (χ1) is 8.11. The summed E-state index contributed by atoms with van der Waals surface area (Å²) in [5, 5.41) is 3.41. The Kier molecular flexibility index (Phi) is 3.50. The third kappa shape index (κ3) is 3.08. The summed E-state index contributed by atoms with van der Waals surface area (Å²) in [4.78, 5) is 8.62. The van der Waals surface area contributed by atoms with Crippen LogP contribution in [0.4, 0.5) is 11.6 Å². The minimum Gasteiger partial charge on any atom is -0.384 e. The number of aromatic nitrogens is 2. The van der Waals surface area contributed by atoms with Crippen molar-refractivity contribution < 1.29 is 0 Å². The standard InChI is InChI=1S/C13H22N4/c1-3-11-16-10(14)8-12(17-11)15-9-13(2)6-4-5-7-13/h8H,3-7,9H2,1-2H3,(H3,14,15,16,17). The van der Waals surface area contributed by atoms with Crippen LogP contribution in [0.3, 0.4) is 0 Å². The number of aryl methyl sites for hydroxylation is 1. The molecule has 0 unspecified atom stereocenters. The Labute approximate surface area is 103 Å². The zero-order valence-corrected chi connectivity index (χ0v) is 10.8. The quantitative estimate of drug-likeness (QED) is 0.840. The van der Waals surface area contributed by atoms with Gasteiger partial charge in [0.2, 0.25) is 0 Å². The first kappa shape index (κ1) is 12.1. The van der Waals surface area contributed by atoms with Crippen molar-refractivity contribution in [2.24, 2.45) is 5.41 Å². The Morgan fingerprint density at radius 2 is 2.06 bits per heavy atom. The van der Waals surface area contributed by atoms with Crippen LogP contribution in [-0.4, -0.2) is 16.5 Å². The monoisotopic (exact) mass is 234 g/mol. The number of nitrogens with one attached hydrogen (secondary N) is 1. The second-order valence-corrected chi connectivity index (χ2v) is 5.32. The molecule has 1 heterocycles. The molecule has 0 radical (unpaired) electrons. The Hall–Kier alpha value is -1.32. The molecule has 0 aliphatic heterocycles. The summed E-state index contributed by atoms with van der Waals surface area (Å²) < 4.78 is 0. The van der Waals surface area contributed by atoms with Crippen LogP contribution in [0.25, 0.3) is 0 Å². The molecule has 4 heteroatoms. The summed E-state index contributed by atoms with van der Waals surface area (Å²) in [5.74, 6) is 2.22. The minimum absolute atomic E-state index is 0.423. The van der Waals surface area contributed by atoms with E-state index in [2.05, 4.69) is 22.2 Å². The van der Waals surface area contributed by atoms with E-state index in [0.29, 0.717) is 11.2 Å². The lowest BCUT2D eigenvalue weighted by Crippen LogP contribution is -2.23. The van der Waals surface area contributed by atoms with Crippen molar-refractivity contribution >= 4 is 11.6 Å². The number of hydrogen-bond acceptors (Lipinski definition) is 4. The zero-order chi connectivity index (χ0) is 12.3. The van der Waals surface area contributed by atoms with E-state index in [9.17, 15) is 0 Å². The first-order valence-corrected chi connectivity index (χ1v) is 6.49. The highest BCUT2D eigenvalue weighted by atomic mass is 15.1. The number of anilines is 2. The molecule has 0 bridgehead atoms. The molecule has 0 aromatic carbocycles. The van der Waals surface area contributed by atoms with Gasteiger partial charge in [-0.2, -0.15) is 0 Å². The summed E-state index contributed by atoms with van der Waals surface area (Å²) in [7, 11) is 0. The lowest BCUT2D eigenvalue weighted by atomic mass is 9.89. The number of rotatable bonds is 4. The summed E-state index contributed by atoms with van der Waals surface area (Å²) >= 11 is 0. The second-order valence-electron chi connectivity index (χ2n) is 5.32. The van der Waals surface area contributed by atoms with Gasteiger partial charge in [-0.3, -0.25) is 0 Å². The van der Waals surface area contributed by atoms with Crippen LogP contribution in [0.2, 0.25) is 0 Å². The Bertz CT molecular complexity index is 383. The summed E-state index contributed by atoms with van der Waals surface area (Å²) in [6, 6.07) is 1.82. The van der Waals surface area contributed by atoms with Gasteiger partial charge < -0.3 is 11.1 Å². The third-order valence-electron chi connectivity index (χ3n) is 3.62. The number of nitrogen functional groups attached to an aromatic ring is 1. The van der Waals surface area contributed by atoms with E-state index in [-0.39, 0.29) is 0 Å². The van der Waals surface area contributed by atoms with E-state index in [1.807, 2.05) is 13.0 Å². The maximum absolute atomic E-state index is 5.76. The molecule has 4 nitrogen and oxygen atoms in total. The molecule has 17 heavy (non-hydrogen) atoms. The highest BCUT2D eigenvalue weighted by molar-refractivity contribution is 5.44.